The monoisotopic (exact) mass is 305 g/mol. The Balaban J connectivity index is 1.80. The number of H-pyrrole nitrogens is 1. The van der Waals surface area contributed by atoms with Crippen LogP contribution < -0.4 is 10.5 Å². The van der Waals surface area contributed by atoms with Gasteiger partial charge >= 0.3 is 0 Å². The molecule has 4 N–H and O–H groups in total. The number of amides is 1. The van der Waals surface area contributed by atoms with Gasteiger partial charge in [0.2, 0.25) is 10.0 Å². The summed E-state index contributed by atoms with van der Waals surface area (Å²) in [5, 5.41) is 7.64. The van der Waals surface area contributed by atoms with E-state index in [1.807, 2.05) is 0 Å². The topological polar surface area (TPSA) is 118 Å². The molecule has 0 radical (unpaired) electrons. The number of sulfonamides is 1. The maximum atomic E-state index is 12.0. The van der Waals surface area contributed by atoms with E-state index in [0.717, 1.165) is 5.52 Å². The van der Waals surface area contributed by atoms with E-state index in [-0.39, 0.29) is 10.8 Å². The van der Waals surface area contributed by atoms with Crippen molar-refractivity contribution in [1.29, 1.82) is 0 Å². The number of fused-ring (bicyclic) bond motifs is 1. The molecule has 0 aliphatic rings. The summed E-state index contributed by atoms with van der Waals surface area (Å²) in [7, 11) is -3.74. The number of nitrogens with one attached hydrogen (secondary N) is 2. The second-order valence-electron chi connectivity index (χ2n) is 4.41. The number of nitrogens with two attached hydrogens (primary N) is 1. The van der Waals surface area contributed by atoms with E-state index < -0.39 is 10.0 Å². The van der Waals surface area contributed by atoms with E-state index in [1.165, 1.54) is 30.5 Å². The first-order valence-electron chi connectivity index (χ1n) is 5.94. The highest BCUT2D eigenvalue weighted by Gasteiger charge is 2.12. The van der Waals surface area contributed by atoms with Crippen molar-refractivity contribution < 1.29 is 17.6 Å². The molecule has 0 bridgehead atoms. The molecule has 1 amide bonds. The highest BCUT2D eigenvalue weighted by atomic mass is 32.2. The number of benzene rings is 1. The highest BCUT2D eigenvalue weighted by molar-refractivity contribution is 7.89. The summed E-state index contributed by atoms with van der Waals surface area (Å²) in [6.45, 7) is 0. The molecule has 3 aromatic rings. The van der Waals surface area contributed by atoms with Gasteiger partial charge in [0.05, 0.1) is 16.7 Å². The Morgan fingerprint density at radius 3 is 2.52 bits per heavy atom. The van der Waals surface area contributed by atoms with Gasteiger partial charge in [-0.2, -0.15) is 0 Å². The van der Waals surface area contributed by atoms with Crippen LogP contribution in [0.2, 0.25) is 0 Å². The molecule has 8 heteroatoms. The van der Waals surface area contributed by atoms with Gasteiger partial charge in [0.15, 0.2) is 5.58 Å². The van der Waals surface area contributed by atoms with Crippen LogP contribution in [0.4, 0.5) is 5.69 Å². The van der Waals surface area contributed by atoms with Crippen LogP contribution in [-0.2, 0) is 10.0 Å². The Morgan fingerprint density at radius 2 is 1.90 bits per heavy atom. The minimum atomic E-state index is -3.74. The summed E-state index contributed by atoms with van der Waals surface area (Å²) in [4.78, 5) is 14.9. The zero-order valence-corrected chi connectivity index (χ0v) is 11.5. The lowest BCUT2D eigenvalue weighted by Gasteiger charge is -2.04. The smallest absolute Gasteiger partial charge is 0.272 e. The fourth-order valence-corrected chi connectivity index (χ4v) is 2.41. The molecule has 0 saturated carbocycles. The molecular weight excluding hydrogens is 294 g/mol. The van der Waals surface area contributed by atoms with Gasteiger partial charge in [-0.05, 0) is 24.3 Å². The molecule has 7 nitrogen and oxygen atoms in total. The molecule has 0 aliphatic heterocycles. The van der Waals surface area contributed by atoms with Gasteiger partial charge in [-0.1, -0.05) is 0 Å². The number of carbonyl (C=O) groups excluding carboxylic acids is 1. The molecule has 1 aromatic carbocycles. The number of furan rings is 1. The Bertz CT molecular complexity index is 878. The van der Waals surface area contributed by atoms with Crippen LogP contribution in [0, 0.1) is 0 Å². The van der Waals surface area contributed by atoms with Crippen molar-refractivity contribution in [3.8, 4) is 0 Å². The molecule has 0 aliphatic carbocycles. The third-order valence-electron chi connectivity index (χ3n) is 2.93. The van der Waals surface area contributed by atoms with Gasteiger partial charge in [-0.25, -0.2) is 13.6 Å². The van der Waals surface area contributed by atoms with Crippen molar-refractivity contribution in [3.63, 3.8) is 0 Å². The Labute approximate surface area is 119 Å². The van der Waals surface area contributed by atoms with Gasteiger partial charge in [-0.15, -0.1) is 0 Å². The highest BCUT2D eigenvalue weighted by Crippen LogP contribution is 2.18. The summed E-state index contributed by atoms with van der Waals surface area (Å²) in [6.07, 6.45) is 1.52. The van der Waals surface area contributed by atoms with Crippen molar-refractivity contribution in [2.24, 2.45) is 5.14 Å². The number of primary sulfonamides is 1. The van der Waals surface area contributed by atoms with E-state index in [2.05, 4.69) is 10.3 Å². The molecular formula is C13H11N3O4S. The first kappa shape index (κ1) is 13.4. The lowest BCUT2D eigenvalue weighted by molar-refractivity contribution is 0.102. The van der Waals surface area contributed by atoms with Crippen LogP contribution in [-0.4, -0.2) is 19.3 Å². The number of rotatable bonds is 3. The third-order valence-corrected chi connectivity index (χ3v) is 3.85. The maximum Gasteiger partial charge on any atom is 0.272 e. The molecule has 0 unspecified atom stereocenters. The van der Waals surface area contributed by atoms with Gasteiger partial charge in [0.25, 0.3) is 5.91 Å². The summed E-state index contributed by atoms with van der Waals surface area (Å²) < 4.78 is 27.4. The second-order valence-corrected chi connectivity index (χ2v) is 5.97. The van der Waals surface area contributed by atoms with Crippen molar-refractivity contribution in [2.45, 2.75) is 4.90 Å². The summed E-state index contributed by atoms with van der Waals surface area (Å²) in [5.74, 6) is -0.357. The normalized spacial score (nSPS) is 11.7. The number of aromatic amines is 1. The zero-order valence-electron chi connectivity index (χ0n) is 10.7. The van der Waals surface area contributed by atoms with Crippen molar-refractivity contribution in [3.05, 3.63) is 48.4 Å². The van der Waals surface area contributed by atoms with E-state index in [1.54, 1.807) is 12.1 Å². The van der Waals surface area contributed by atoms with E-state index in [0.29, 0.717) is 17.0 Å². The van der Waals surface area contributed by atoms with Crippen LogP contribution in [0.1, 0.15) is 10.5 Å². The van der Waals surface area contributed by atoms with Crippen LogP contribution in [0.15, 0.2) is 52.0 Å². The molecule has 2 heterocycles. The summed E-state index contributed by atoms with van der Waals surface area (Å²) >= 11 is 0. The van der Waals surface area contributed by atoms with Crippen LogP contribution in [0.5, 0.6) is 0 Å². The molecule has 108 valence electrons. The van der Waals surface area contributed by atoms with Crippen LogP contribution in [0.25, 0.3) is 11.1 Å². The Kier molecular flexibility index (Phi) is 3.04. The number of hydrogen-bond acceptors (Lipinski definition) is 4. The third kappa shape index (κ3) is 2.67. The van der Waals surface area contributed by atoms with Crippen LogP contribution >= 0.6 is 0 Å². The fourth-order valence-electron chi connectivity index (χ4n) is 1.90. The molecule has 0 saturated heterocycles. The second kappa shape index (κ2) is 4.76. The predicted octanol–water partition coefficient (Wildman–Crippen LogP) is 1.66. The maximum absolute atomic E-state index is 12.0. The quantitative estimate of drug-likeness (QED) is 0.681. The molecule has 2 aromatic heterocycles. The van der Waals surface area contributed by atoms with E-state index in [9.17, 15) is 13.2 Å². The minimum absolute atomic E-state index is 0.0158. The molecule has 21 heavy (non-hydrogen) atoms. The average molecular weight is 305 g/mol. The average Bonchev–Trinajstić information content (AvgIpc) is 2.98. The van der Waals surface area contributed by atoms with Gasteiger partial charge < -0.3 is 14.7 Å². The number of anilines is 1. The van der Waals surface area contributed by atoms with Crippen molar-refractivity contribution >= 4 is 32.7 Å². The molecule has 0 atom stereocenters. The lowest BCUT2D eigenvalue weighted by atomic mass is 10.3. The molecule has 3 rings (SSSR count). The predicted molar refractivity (Wildman–Crippen MR) is 76.3 cm³/mol. The summed E-state index contributed by atoms with van der Waals surface area (Å²) in [5.41, 5.74) is 2.12. The van der Waals surface area contributed by atoms with Crippen LogP contribution in [0.3, 0.4) is 0 Å². The zero-order chi connectivity index (χ0) is 15.0. The number of hydrogen-bond donors (Lipinski definition) is 3. The minimum Gasteiger partial charge on any atom is -0.463 e. The number of carbonyl (C=O) groups is 1. The standard InChI is InChI=1S/C13H11N3O4S/c14-21(18,19)9-3-1-8(2-4-9)15-13(17)11-7-12-10(16-11)5-6-20-12/h1-7,16H,(H,15,17)(H2,14,18,19). The Hall–Kier alpha value is -2.58. The molecule has 0 fully saturated rings. The largest absolute Gasteiger partial charge is 0.463 e. The summed E-state index contributed by atoms with van der Waals surface area (Å²) in [6, 6.07) is 8.88. The first-order valence-corrected chi connectivity index (χ1v) is 7.48. The van der Waals surface area contributed by atoms with Crippen molar-refractivity contribution in [2.75, 3.05) is 5.32 Å². The SMILES string of the molecule is NS(=O)(=O)c1ccc(NC(=O)c2cc3occc3[nH]2)cc1. The van der Waals surface area contributed by atoms with E-state index in [4.69, 9.17) is 9.56 Å². The van der Waals surface area contributed by atoms with Gasteiger partial charge in [-0.3, -0.25) is 4.79 Å². The molecule has 0 spiro atoms. The fraction of sp³-hybridized carbons (Fsp3) is 0. The number of aromatic nitrogens is 1. The first-order chi connectivity index (χ1) is 9.93. The van der Waals surface area contributed by atoms with E-state index >= 15 is 0 Å². The van der Waals surface area contributed by atoms with Gasteiger partial charge in [0.1, 0.15) is 5.69 Å². The lowest BCUT2D eigenvalue weighted by Crippen LogP contribution is -2.14. The van der Waals surface area contributed by atoms with Gasteiger partial charge in [0, 0.05) is 17.8 Å². The van der Waals surface area contributed by atoms with Crippen molar-refractivity contribution in [1.82, 2.24) is 4.98 Å². The Morgan fingerprint density at radius 1 is 1.19 bits per heavy atom.